The molecule has 0 bridgehead atoms. The number of ether oxygens (including phenoxy) is 1. The van der Waals surface area contributed by atoms with Gasteiger partial charge in [-0.25, -0.2) is 0 Å². The monoisotopic (exact) mass is 261 g/mol. The fraction of sp³-hybridized carbons (Fsp3) is 0.562. The van der Waals surface area contributed by atoms with Gasteiger partial charge in [0.1, 0.15) is 0 Å². The number of esters is 1. The van der Waals surface area contributed by atoms with Crippen molar-refractivity contribution >= 4 is 11.7 Å². The molecule has 0 aliphatic heterocycles. The molecule has 3 heteroatoms. The Kier molecular flexibility index (Phi) is 4.13. The van der Waals surface area contributed by atoms with Crippen molar-refractivity contribution in [2.45, 2.75) is 39.0 Å². The second-order valence-electron chi connectivity index (χ2n) is 5.72. The van der Waals surface area contributed by atoms with E-state index in [1.807, 2.05) is 6.07 Å². The first-order valence-corrected chi connectivity index (χ1v) is 7.00. The fourth-order valence-electron chi connectivity index (χ4n) is 2.70. The highest BCUT2D eigenvalue weighted by atomic mass is 16.5. The summed E-state index contributed by atoms with van der Waals surface area (Å²) >= 11 is 0. The Morgan fingerprint density at radius 2 is 2.05 bits per heavy atom. The molecule has 0 radical (unpaired) electrons. The summed E-state index contributed by atoms with van der Waals surface area (Å²) in [7, 11) is 1.48. The normalized spacial score (nSPS) is 16.8. The third-order valence-electron chi connectivity index (χ3n) is 4.13. The number of carbonyl (C=O) groups is 1. The standard InChI is InChI=1S/C16H23NO2/c1-12(2)13-7-4-5-8-14(13)17-11-16(9-6-10-16)15(18)19-3/h4-5,7-8,12,17H,6,9-11H2,1-3H3. The molecule has 104 valence electrons. The van der Waals surface area contributed by atoms with Crippen molar-refractivity contribution in [2.24, 2.45) is 5.41 Å². The van der Waals surface area contributed by atoms with Crippen molar-refractivity contribution in [1.82, 2.24) is 0 Å². The van der Waals surface area contributed by atoms with E-state index in [0.29, 0.717) is 12.5 Å². The molecule has 0 amide bonds. The number of hydrogen-bond acceptors (Lipinski definition) is 3. The van der Waals surface area contributed by atoms with Crippen LogP contribution in [-0.4, -0.2) is 19.6 Å². The highest BCUT2D eigenvalue weighted by Gasteiger charge is 2.45. The average molecular weight is 261 g/mol. The molecule has 1 fully saturated rings. The molecule has 1 aromatic carbocycles. The van der Waals surface area contributed by atoms with Crippen molar-refractivity contribution in [2.75, 3.05) is 19.0 Å². The maximum absolute atomic E-state index is 11.9. The predicted octanol–water partition coefficient (Wildman–Crippen LogP) is 3.57. The molecule has 1 aliphatic carbocycles. The largest absolute Gasteiger partial charge is 0.469 e. The van der Waals surface area contributed by atoms with Gasteiger partial charge < -0.3 is 10.1 Å². The minimum absolute atomic E-state index is 0.0757. The van der Waals surface area contributed by atoms with Crippen LogP contribution in [0.25, 0.3) is 0 Å². The lowest BCUT2D eigenvalue weighted by Gasteiger charge is -2.39. The average Bonchev–Trinajstić information content (AvgIpc) is 2.37. The first-order chi connectivity index (χ1) is 9.09. The lowest BCUT2D eigenvalue weighted by molar-refractivity contribution is -0.157. The number of carbonyl (C=O) groups excluding carboxylic acids is 1. The molecular weight excluding hydrogens is 238 g/mol. The van der Waals surface area contributed by atoms with Crippen LogP contribution >= 0.6 is 0 Å². The van der Waals surface area contributed by atoms with Crippen LogP contribution in [0.5, 0.6) is 0 Å². The Morgan fingerprint density at radius 1 is 1.37 bits per heavy atom. The van der Waals surface area contributed by atoms with E-state index in [1.54, 1.807) is 0 Å². The van der Waals surface area contributed by atoms with Gasteiger partial charge in [-0.05, 0) is 30.4 Å². The van der Waals surface area contributed by atoms with E-state index in [9.17, 15) is 4.79 Å². The van der Waals surface area contributed by atoms with Gasteiger partial charge in [0.15, 0.2) is 0 Å². The summed E-state index contributed by atoms with van der Waals surface area (Å²) in [6.07, 6.45) is 2.97. The Labute approximate surface area is 115 Å². The lowest BCUT2D eigenvalue weighted by atomic mass is 9.68. The Balaban J connectivity index is 2.08. The molecule has 19 heavy (non-hydrogen) atoms. The summed E-state index contributed by atoms with van der Waals surface area (Å²) in [6, 6.07) is 8.30. The van der Waals surface area contributed by atoms with Gasteiger partial charge in [-0.2, -0.15) is 0 Å². The highest BCUT2D eigenvalue weighted by molar-refractivity contribution is 5.78. The maximum atomic E-state index is 11.9. The number of benzene rings is 1. The van der Waals surface area contributed by atoms with E-state index in [1.165, 1.54) is 12.7 Å². The van der Waals surface area contributed by atoms with Gasteiger partial charge in [0.25, 0.3) is 0 Å². The highest BCUT2D eigenvalue weighted by Crippen LogP contribution is 2.42. The second-order valence-corrected chi connectivity index (χ2v) is 5.72. The number of para-hydroxylation sites is 1. The van der Waals surface area contributed by atoms with E-state index < -0.39 is 0 Å². The minimum atomic E-state index is -0.307. The Morgan fingerprint density at radius 3 is 2.58 bits per heavy atom. The molecule has 0 spiro atoms. The first kappa shape index (κ1) is 13.9. The van der Waals surface area contributed by atoms with Crippen LogP contribution < -0.4 is 5.32 Å². The quantitative estimate of drug-likeness (QED) is 0.823. The van der Waals surface area contributed by atoms with Crippen LogP contribution in [0.15, 0.2) is 24.3 Å². The summed E-state index contributed by atoms with van der Waals surface area (Å²) in [5, 5.41) is 3.45. The minimum Gasteiger partial charge on any atom is -0.469 e. The van der Waals surface area contributed by atoms with Crippen molar-refractivity contribution in [3.05, 3.63) is 29.8 Å². The SMILES string of the molecule is COC(=O)C1(CNc2ccccc2C(C)C)CCC1. The molecule has 0 atom stereocenters. The lowest BCUT2D eigenvalue weighted by Crippen LogP contribution is -2.44. The smallest absolute Gasteiger partial charge is 0.313 e. The third-order valence-corrected chi connectivity index (χ3v) is 4.13. The van der Waals surface area contributed by atoms with Crippen molar-refractivity contribution in [3.63, 3.8) is 0 Å². The van der Waals surface area contributed by atoms with E-state index in [0.717, 1.165) is 24.9 Å². The molecular formula is C16H23NO2. The van der Waals surface area contributed by atoms with Crippen LogP contribution in [0.1, 0.15) is 44.6 Å². The van der Waals surface area contributed by atoms with Crippen molar-refractivity contribution in [1.29, 1.82) is 0 Å². The second kappa shape index (κ2) is 5.64. The van der Waals surface area contributed by atoms with Crippen molar-refractivity contribution in [3.8, 4) is 0 Å². The number of hydrogen-bond donors (Lipinski definition) is 1. The van der Waals surface area contributed by atoms with Crippen LogP contribution in [-0.2, 0) is 9.53 Å². The van der Waals surface area contributed by atoms with Crippen molar-refractivity contribution < 1.29 is 9.53 Å². The molecule has 2 rings (SSSR count). The number of anilines is 1. The molecule has 1 saturated carbocycles. The first-order valence-electron chi connectivity index (χ1n) is 7.00. The van der Waals surface area contributed by atoms with Crippen LogP contribution in [0.3, 0.4) is 0 Å². The molecule has 1 aliphatic rings. The number of methoxy groups -OCH3 is 1. The Bertz CT molecular complexity index is 450. The van der Waals surface area contributed by atoms with Gasteiger partial charge in [-0.15, -0.1) is 0 Å². The van der Waals surface area contributed by atoms with Gasteiger partial charge in [0.2, 0.25) is 0 Å². The number of nitrogens with one attached hydrogen (secondary N) is 1. The molecule has 0 saturated heterocycles. The molecule has 1 aromatic rings. The van der Waals surface area contributed by atoms with Gasteiger partial charge in [0.05, 0.1) is 12.5 Å². The van der Waals surface area contributed by atoms with E-state index >= 15 is 0 Å². The maximum Gasteiger partial charge on any atom is 0.313 e. The van der Waals surface area contributed by atoms with Gasteiger partial charge in [-0.1, -0.05) is 38.5 Å². The predicted molar refractivity (Wildman–Crippen MR) is 77.3 cm³/mol. The third kappa shape index (κ3) is 2.75. The zero-order valence-corrected chi connectivity index (χ0v) is 12.0. The van der Waals surface area contributed by atoms with Crippen LogP contribution in [0, 0.1) is 5.41 Å². The molecule has 0 heterocycles. The molecule has 3 nitrogen and oxygen atoms in total. The van der Waals surface area contributed by atoms with Crippen LogP contribution in [0.2, 0.25) is 0 Å². The van der Waals surface area contributed by atoms with E-state index in [-0.39, 0.29) is 11.4 Å². The van der Waals surface area contributed by atoms with E-state index in [2.05, 4.69) is 37.4 Å². The summed E-state index contributed by atoms with van der Waals surface area (Å²) in [5.41, 5.74) is 2.12. The molecule has 0 aromatic heterocycles. The molecule has 1 N–H and O–H groups in total. The zero-order chi connectivity index (χ0) is 13.9. The van der Waals surface area contributed by atoms with Gasteiger partial charge >= 0.3 is 5.97 Å². The van der Waals surface area contributed by atoms with Gasteiger partial charge in [-0.3, -0.25) is 4.79 Å². The summed E-state index contributed by atoms with van der Waals surface area (Å²) < 4.78 is 4.94. The summed E-state index contributed by atoms with van der Waals surface area (Å²) in [6.45, 7) is 5.03. The summed E-state index contributed by atoms with van der Waals surface area (Å²) in [5.74, 6) is 0.396. The van der Waals surface area contributed by atoms with Gasteiger partial charge in [0, 0.05) is 12.2 Å². The fourth-order valence-corrected chi connectivity index (χ4v) is 2.70. The van der Waals surface area contributed by atoms with Crippen LogP contribution in [0.4, 0.5) is 5.69 Å². The van der Waals surface area contributed by atoms with E-state index in [4.69, 9.17) is 4.74 Å². The summed E-state index contributed by atoms with van der Waals surface area (Å²) in [4.78, 5) is 11.9. The Hall–Kier alpha value is -1.51. The topological polar surface area (TPSA) is 38.3 Å². The number of rotatable bonds is 5. The molecule has 0 unspecified atom stereocenters. The zero-order valence-electron chi connectivity index (χ0n) is 12.0.